The zero-order valence-corrected chi connectivity index (χ0v) is 12.0. The summed E-state index contributed by atoms with van der Waals surface area (Å²) in [5.41, 5.74) is 8.64. The predicted molar refractivity (Wildman–Crippen MR) is 80.2 cm³/mol. The standard InChI is InChI=1S/C14H22N2OS/c1-11-5-6-13(12(2)9-11)16-14(17)10-18-8-4-3-7-15/h5-6,9H,3-4,7-8,10,15H2,1-2H3,(H,16,17). The molecule has 3 nitrogen and oxygen atoms in total. The number of unbranched alkanes of at least 4 members (excludes halogenated alkanes) is 1. The van der Waals surface area contributed by atoms with E-state index in [4.69, 9.17) is 5.73 Å². The lowest BCUT2D eigenvalue weighted by Crippen LogP contribution is -2.15. The largest absolute Gasteiger partial charge is 0.330 e. The van der Waals surface area contributed by atoms with Crippen molar-refractivity contribution >= 4 is 23.4 Å². The van der Waals surface area contributed by atoms with Crippen LogP contribution in [-0.2, 0) is 4.79 Å². The van der Waals surface area contributed by atoms with E-state index in [1.165, 1.54) is 5.56 Å². The molecule has 0 spiro atoms. The lowest BCUT2D eigenvalue weighted by molar-refractivity contribution is -0.113. The monoisotopic (exact) mass is 266 g/mol. The van der Waals surface area contributed by atoms with Gasteiger partial charge in [0.1, 0.15) is 0 Å². The molecule has 0 bridgehead atoms. The molecule has 0 heterocycles. The Bertz CT molecular complexity index is 393. The lowest BCUT2D eigenvalue weighted by Gasteiger charge is -2.09. The molecule has 4 heteroatoms. The number of rotatable bonds is 7. The first-order valence-electron chi connectivity index (χ1n) is 6.28. The summed E-state index contributed by atoms with van der Waals surface area (Å²) >= 11 is 1.66. The molecular formula is C14H22N2OS. The van der Waals surface area contributed by atoms with Crippen molar-refractivity contribution in [1.29, 1.82) is 0 Å². The summed E-state index contributed by atoms with van der Waals surface area (Å²) in [6.45, 7) is 4.79. The first-order valence-corrected chi connectivity index (χ1v) is 7.44. The van der Waals surface area contributed by atoms with Crippen molar-refractivity contribution < 1.29 is 4.79 Å². The SMILES string of the molecule is Cc1ccc(NC(=O)CSCCCCN)c(C)c1. The fourth-order valence-corrected chi connectivity index (χ4v) is 2.46. The molecule has 0 fully saturated rings. The minimum Gasteiger partial charge on any atom is -0.330 e. The van der Waals surface area contributed by atoms with Gasteiger partial charge in [0, 0.05) is 5.69 Å². The van der Waals surface area contributed by atoms with Crippen LogP contribution in [0.25, 0.3) is 0 Å². The minimum atomic E-state index is 0.0692. The number of nitrogens with one attached hydrogen (secondary N) is 1. The van der Waals surface area contributed by atoms with Crippen LogP contribution >= 0.6 is 11.8 Å². The number of benzene rings is 1. The number of nitrogens with two attached hydrogens (primary N) is 1. The van der Waals surface area contributed by atoms with Crippen LogP contribution in [0.2, 0.25) is 0 Å². The third-order valence-electron chi connectivity index (χ3n) is 2.63. The van der Waals surface area contributed by atoms with Gasteiger partial charge in [0.2, 0.25) is 5.91 Å². The van der Waals surface area contributed by atoms with E-state index in [0.717, 1.165) is 36.4 Å². The van der Waals surface area contributed by atoms with Crippen molar-refractivity contribution in [3.8, 4) is 0 Å². The maximum atomic E-state index is 11.7. The number of anilines is 1. The lowest BCUT2D eigenvalue weighted by atomic mass is 10.1. The summed E-state index contributed by atoms with van der Waals surface area (Å²) in [5, 5.41) is 2.94. The first kappa shape index (κ1) is 15.1. The highest BCUT2D eigenvalue weighted by Crippen LogP contribution is 2.16. The second kappa shape index (κ2) is 8.16. The van der Waals surface area contributed by atoms with Crippen LogP contribution in [0.4, 0.5) is 5.69 Å². The second-order valence-corrected chi connectivity index (χ2v) is 5.52. The number of carbonyl (C=O) groups is 1. The molecule has 18 heavy (non-hydrogen) atoms. The Kier molecular flexibility index (Phi) is 6.83. The molecule has 1 amide bonds. The Morgan fingerprint density at radius 1 is 1.33 bits per heavy atom. The Morgan fingerprint density at radius 2 is 2.11 bits per heavy atom. The molecule has 0 saturated heterocycles. The predicted octanol–water partition coefficient (Wildman–Crippen LogP) is 2.71. The topological polar surface area (TPSA) is 55.1 Å². The van der Waals surface area contributed by atoms with Crippen molar-refractivity contribution in [2.75, 3.05) is 23.4 Å². The summed E-state index contributed by atoms with van der Waals surface area (Å²) in [5.74, 6) is 1.58. The van der Waals surface area contributed by atoms with Gasteiger partial charge in [-0.1, -0.05) is 17.7 Å². The highest BCUT2D eigenvalue weighted by atomic mass is 32.2. The van der Waals surface area contributed by atoms with E-state index in [9.17, 15) is 4.79 Å². The van der Waals surface area contributed by atoms with E-state index in [1.54, 1.807) is 11.8 Å². The van der Waals surface area contributed by atoms with Gasteiger partial charge in [0.05, 0.1) is 5.75 Å². The van der Waals surface area contributed by atoms with Crippen LogP contribution in [0, 0.1) is 13.8 Å². The van der Waals surface area contributed by atoms with Crippen molar-refractivity contribution in [2.24, 2.45) is 5.73 Å². The van der Waals surface area contributed by atoms with Crippen LogP contribution in [0.3, 0.4) is 0 Å². The number of hydrogen-bond acceptors (Lipinski definition) is 3. The van der Waals surface area contributed by atoms with Gasteiger partial charge in [-0.3, -0.25) is 4.79 Å². The van der Waals surface area contributed by atoms with Crippen LogP contribution < -0.4 is 11.1 Å². The molecule has 0 unspecified atom stereocenters. The summed E-state index contributed by atoms with van der Waals surface area (Å²) in [6, 6.07) is 6.04. The third-order valence-corrected chi connectivity index (χ3v) is 3.68. The molecule has 0 radical (unpaired) electrons. The number of carbonyl (C=O) groups excluding carboxylic acids is 1. The van der Waals surface area contributed by atoms with Gasteiger partial charge in [-0.05, 0) is 50.6 Å². The molecule has 0 atom stereocenters. The van der Waals surface area contributed by atoms with Crippen molar-refractivity contribution in [2.45, 2.75) is 26.7 Å². The fraction of sp³-hybridized carbons (Fsp3) is 0.500. The molecular weight excluding hydrogens is 244 g/mol. The van der Waals surface area contributed by atoms with E-state index < -0.39 is 0 Å². The van der Waals surface area contributed by atoms with Crippen LogP contribution in [0.5, 0.6) is 0 Å². The maximum absolute atomic E-state index is 11.7. The second-order valence-electron chi connectivity index (χ2n) is 4.41. The Hall–Kier alpha value is -1.00. The Labute approximate surface area is 114 Å². The van der Waals surface area contributed by atoms with E-state index in [1.807, 2.05) is 26.0 Å². The van der Waals surface area contributed by atoms with E-state index in [0.29, 0.717) is 5.75 Å². The molecule has 1 aromatic carbocycles. The molecule has 0 aliphatic rings. The molecule has 3 N–H and O–H groups in total. The summed E-state index contributed by atoms with van der Waals surface area (Å²) < 4.78 is 0. The van der Waals surface area contributed by atoms with E-state index >= 15 is 0 Å². The number of hydrogen-bond donors (Lipinski definition) is 2. The van der Waals surface area contributed by atoms with Gasteiger partial charge >= 0.3 is 0 Å². The van der Waals surface area contributed by atoms with Gasteiger partial charge < -0.3 is 11.1 Å². The third kappa shape index (κ3) is 5.56. The van der Waals surface area contributed by atoms with Crippen LogP contribution in [-0.4, -0.2) is 24.0 Å². The Morgan fingerprint density at radius 3 is 2.78 bits per heavy atom. The number of aryl methyl sites for hydroxylation is 2. The van der Waals surface area contributed by atoms with E-state index in [-0.39, 0.29) is 5.91 Å². The quantitative estimate of drug-likeness (QED) is 0.746. The van der Waals surface area contributed by atoms with Crippen molar-refractivity contribution in [3.05, 3.63) is 29.3 Å². The highest BCUT2D eigenvalue weighted by Gasteiger charge is 2.04. The zero-order valence-electron chi connectivity index (χ0n) is 11.2. The van der Waals surface area contributed by atoms with Crippen molar-refractivity contribution in [1.82, 2.24) is 0 Å². The van der Waals surface area contributed by atoms with Crippen LogP contribution in [0.15, 0.2) is 18.2 Å². The first-order chi connectivity index (χ1) is 8.63. The molecule has 0 aliphatic heterocycles. The van der Waals surface area contributed by atoms with Gasteiger partial charge in [-0.15, -0.1) is 0 Å². The van der Waals surface area contributed by atoms with Gasteiger partial charge in [0.25, 0.3) is 0 Å². The van der Waals surface area contributed by atoms with E-state index in [2.05, 4.69) is 11.4 Å². The summed E-state index contributed by atoms with van der Waals surface area (Å²) in [7, 11) is 0. The normalized spacial score (nSPS) is 10.4. The molecule has 1 aromatic rings. The molecule has 100 valence electrons. The number of amides is 1. The molecule has 1 rings (SSSR count). The molecule has 0 saturated carbocycles. The summed E-state index contributed by atoms with van der Waals surface area (Å²) in [6.07, 6.45) is 2.11. The number of thioether (sulfide) groups is 1. The smallest absolute Gasteiger partial charge is 0.234 e. The average molecular weight is 266 g/mol. The zero-order chi connectivity index (χ0) is 13.4. The van der Waals surface area contributed by atoms with Gasteiger partial charge in [-0.25, -0.2) is 0 Å². The molecule has 0 aliphatic carbocycles. The maximum Gasteiger partial charge on any atom is 0.234 e. The Balaban J connectivity index is 2.31. The fourth-order valence-electron chi connectivity index (χ4n) is 1.65. The summed E-state index contributed by atoms with van der Waals surface area (Å²) in [4.78, 5) is 11.7. The van der Waals surface area contributed by atoms with Gasteiger partial charge in [0.15, 0.2) is 0 Å². The van der Waals surface area contributed by atoms with Crippen LogP contribution in [0.1, 0.15) is 24.0 Å². The highest BCUT2D eigenvalue weighted by molar-refractivity contribution is 7.99. The molecule has 0 aromatic heterocycles. The average Bonchev–Trinajstić information content (AvgIpc) is 2.32. The van der Waals surface area contributed by atoms with Gasteiger partial charge in [-0.2, -0.15) is 11.8 Å². The van der Waals surface area contributed by atoms with Crippen molar-refractivity contribution in [3.63, 3.8) is 0 Å². The minimum absolute atomic E-state index is 0.0692.